The highest BCUT2D eigenvalue weighted by Crippen LogP contribution is 2.41. The molecule has 0 bridgehead atoms. The average Bonchev–Trinajstić information content (AvgIpc) is 3.37. The summed E-state index contributed by atoms with van der Waals surface area (Å²) in [5.74, 6) is -3.16. The number of carboxylic acids is 1. The second-order valence-electron chi connectivity index (χ2n) is 7.91. The fourth-order valence-corrected chi connectivity index (χ4v) is 4.61. The van der Waals surface area contributed by atoms with Gasteiger partial charge in [-0.2, -0.15) is 0 Å². The normalized spacial score (nSPS) is 28.3. The molecule has 5 atom stereocenters. The molecule has 1 saturated carbocycles. The third-order valence-corrected chi connectivity index (χ3v) is 6.03. The van der Waals surface area contributed by atoms with Crippen LogP contribution in [-0.4, -0.2) is 58.6 Å². The van der Waals surface area contributed by atoms with Gasteiger partial charge in [0.25, 0.3) is 0 Å². The monoisotopic (exact) mass is 420 g/mol. The molecule has 30 heavy (non-hydrogen) atoms. The van der Waals surface area contributed by atoms with Crippen LogP contribution in [0.5, 0.6) is 0 Å². The fourth-order valence-electron chi connectivity index (χ4n) is 4.61. The Morgan fingerprint density at radius 1 is 1.33 bits per heavy atom. The highest BCUT2D eigenvalue weighted by Gasteiger charge is 2.49. The second-order valence-corrected chi connectivity index (χ2v) is 7.91. The van der Waals surface area contributed by atoms with Gasteiger partial charge in [-0.05, 0) is 57.4 Å². The Morgan fingerprint density at radius 3 is 2.77 bits per heavy atom. The SMILES string of the molecule is [2H]C([2H])([2H])[C@]([2H])(N[C@@H](CCc1ccccc1)C(=O)OCC)C(=O)N1C2CCCC2C[C@H]1C(=O)O. The van der Waals surface area contributed by atoms with Gasteiger partial charge in [0, 0.05) is 10.2 Å². The largest absolute Gasteiger partial charge is 0.480 e. The first-order valence-corrected chi connectivity index (χ1v) is 10.5. The molecule has 1 aromatic carbocycles. The molecule has 2 aliphatic rings. The van der Waals surface area contributed by atoms with Gasteiger partial charge in [0.05, 0.1) is 14.0 Å². The Hall–Kier alpha value is -2.41. The summed E-state index contributed by atoms with van der Waals surface area (Å²) in [5, 5.41) is 12.2. The Labute approximate surface area is 183 Å². The number of amides is 1. The summed E-state index contributed by atoms with van der Waals surface area (Å²) < 4.78 is 37.9. The number of fused-ring (bicyclic) bond motifs is 1. The zero-order valence-electron chi connectivity index (χ0n) is 21.2. The Balaban J connectivity index is 1.91. The highest BCUT2D eigenvalue weighted by atomic mass is 16.5. The van der Waals surface area contributed by atoms with Crippen molar-refractivity contribution in [1.82, 2.24) is 10.2 Å². The molecule has 0 radical (unpaired) electrons. The van der Waals surface area contributed by atoms with Crippen LogP contribution in [0.15, 0.2) is 30.3 Å². The van der Waals surface area contributed by atoms with Crippen molar-refractivity contribution in [1.29, 1.82) is 0 Å². The van der Waals surface area contributed by atoms with Gasteiger partial charge in [-0.1, -0.05) is 36.8 Å². The van der Waals surface area contributed by atoms with Crippen molar-refractivity contribution < 1.29 is 29.7 Å². The highest BCUT2D eigenvalue weighted by molar-refractivity contribution is 5.88. The number of hydrogen-bond donors (Lipinski definition) is 2. The van der Waals surface area contributed by atoms with Gasteiger partial charge in [-0.3, -0.25) is 14.9 Å². The maximum Gasteiger partial charge on any atom is 0.326 e. The Kier molecular flexibility index (Phi) is 5.80. The van der Waals surface area contributed by atoms with E-state index in [2.05, 4.69) is 5.32 Å². The zero-order chi connectivity index (χ0) is 25.1. The summed E-state index contributed by atoms with van der Waals surface area (Å²) in [5.41, 5.74) is 0.897. The molecule has 1 saturated heterocycles. The molecule has 7 nitrogen and oxygen atoms in total. The molecule has 1 aliphatic heterocycles. The van der Waals surface area contributed by atoms with Crippen LogP contribution >= 0.6 is 0 Å². The van der Waals surface area contributed by atoms with Crippen LogP contribution in [0.1, 0.15) is 56.9 Å². The number of benzene rings is 1. The van der Waals surface area contributed by atoms with E-state index in [0.29, 0.717) is 12.8 Å². The molecule has 2 unspecified atom stereocenters. The van der Waals surface area contributed by atoms with E-state index in [9.17, 15) is 19.5 Å². The fraction of sp³-hybridized carbons (Fsp3) is 0.609. The third kappa shape index (κ3) is 5.01. The summed E-state index contributed by atoms with van der Waals surface area (Å²) in [7, 11) is 0. The van der Waals surface area contributed by atoms with Gasteiger partial charge in [0.2, 0.25) is 5.91 Å². The molecular weight excluding hydrogens is 384 g/mol. The molecule has 0 spiro atoms. The number of aryl methyl sites for hydroxylation is 1. The van der Waals surface area contributed by atoms with Crippen molar-refractivity contribution in [3.8, 4) is 0 Å². The maximum atomic E-state index is 13.7. The van der Waals surface area contributed by atoms with Crippen LogP contribution in [0.3, 0.4) is 0 Å². The molecular formula is C23H32N2O5. The number of hydrogen-bond acceptors (Lipinski definition) is 5. The minimum absolute atomic E-state index is 0.0372. The number of likely N-dealkylation sites (tertiary alicyclic amines) is 1. The molecule has 164 valence electrons. The van der Waals surface area contributed by atoms with E-state index in [-0.39, 0.29) is 25.4 Å². The molecule has 1 amide bonds. The number of carbonyl (C=O) groups is 3. The first kappa shape index (κ1) is 17.3. The lowest BCUT2D eigenvalue weighted by Crippen LogP contribution is -2.55. The second kappa shape index (κ2) is 10.1. The average molecular weight is 421 g/mol. The van der Waals surface area contributed by atoms with Crippen molar-refractivity contribution in [3.05, 3.63) is 35.9 Å². The molecule has 3 rings (SSSR count). The standard InChI is InChI=1S/C23H32N2O5/c1-3-30-23(29)18(13-12-16-8-5-4-6-9-16)24-15(2)21(26)25-19-11-7-10-17(19)14-20(25)22(27)28/h4-6,8-9,15,17-20,24H,3,7,10-14H2,1-2H3,(H,27,28)/t15-,17?,18-,19?,20-/m0/s1/i2D3,15D. The zero-order valence-corrected chi connectivity index (χ0v) is 17.2. The lowest BCUT2D eigenvalue weighted by Gasteiger charge is -2.31. The lowest BCUT2D eigenvalue weighted by molar-refractivity contribution is -0.151. The number of carbonyl (C=O) groups excluding carboxylic acids is 2. The van der Waals surface area contributed by atoms with Crippen LogP contribution in [0, 0.1) is 5.92 Å². The van der Waals surface area contributed by atoms with E-state index in [1.165, 1.54) is 0 Å². The maximum absolute atomic E-state index is 13.7. The summed E-state index contributed by atoms with van der Waals surface area (Å²) in [6, 6.07) is 3.45. The van der Waals surface area contributed by atoms with Crippen LogP contribution in [0.4, 0.5) is 0 Å². The number of nitrogens with zero attached hydrogens (tertiary/aromatic N) is 1. The lowest BCUT2D eigenvalue weighted by atomic mass is 10.0. The van der Waals surface area contributed by atoms with Crippen molar-refractivity contribution in [2.24, 2.45) is 5.92 Å². The predicted octanol–water partition coefficient (Wildman–Crippen LogP) is 2.38. The van der Waals surface area contributed by atoms with Gasteiger partial charge >= 0.3 is 11.9 Å². The topological polar surface area (TPSA) is 95.9 Å². The van der Waals surface area contributed by atoms with Crippen molar-refractivity contribution in [3.63, 3.8) is 0 Å². The Bertz CT molecular complexity index is 897. The van der Waals surface area contributed by atoms with Gasteiger partial charge < -0.3 is 14.7 Å². The van der Waals surface area contributed by atoms with E-state index in [1.807, 2.05) is 30.3 Å². The first-order valence-electron chi connectivity index (χ1n) is 12.5. The number of rotatable bonds is 9. The molecule has 7 heteroatoms. The van der Waals surface area contributed by atoms with Gasteiger partial charge in [-0.25, -0.2) is 4.79 Å². The van der Waals surface area contributed by atoms with Gasteiger partial charge in [0.1, 0.15) is 12.1 Å². The van der Waals surface area contributed by atoms with E-state index < -0.39 is 48.8 Å². The summed E-state index contributed by atoms with van der Waals surface area (Å²) in [6.45, 7) is -1.51. The van der Waals surface area contributed by atoms with Gasteiger partial charge in [-0.15, -0.1) is 0 Å². The molecule has 1 heterocycles. The summed E-state index contributed by atoms with van der Waals surface area (Å²) in [4.78, 5) is 39.3. The van der Waals surface area contributed by atoms with Crippen molar-refractivity contribution in [2.45, 2.75) is 76.4 Å². The van der Waals surface area contributed by atoms with Crippen molar-refractivity contribution >= 4 is 17.8 Å². The molecule has 2 N–H and O–H groups in total. The van der Waals surface area contributed by atoms with Crippen LogP contribution in [0.2, 0.25) is 0 Å². The van der Waals surface area contributed by atoms with Crippen LogP contribution in [0.25, 0.3) is 0 Å². The number of carboxylic acid groups (broad SMARTS) is 1. The minimum Gasteiger partial charge on any atom is -0.480 e. The predicted molar refractivity (Wildman–Crippen MR) is 112 cm³/mol. The molecule has 1 aliphatic carbocycles. The van der Waals surface area contributed by atoms with Crippen molar-refractivity contribution in [2.75, 3.05) is 6.61 Å². The quantitative estimate of drug-likeness (QED) is 0.596. The van der Waals surface area contributed by atoms with E-state index in [4.69, 9.17) is 10.2 Å². The van der Waals surface area contributed by atoms with Gasteiger partial charge in [0.15, 0.2) is 0 Å². The Morgan fingerprint density at radius 2 is 2.10 bits per heavy atom. The first-order chi connectivity index (χ1) is 16.0. The van der Waals surface area contributed by atoms with E-state index in [0.717, 1.165) is 23.3 Å². The molecule has 2 fully saturated rings. The van der Waals surface area contributed by atoms with E-state index in [1.54, 1.807) is 6.92 Å². The van der Waals surface area contributed by atoms with E-state index >= 15 is 0 Å². The number of ether oxygens (including phenoxy) is 1. The van der Waals surface area contributed by atoms with Crippen LogP contribution < -0.4 is 5.32 Å². The number of esters is 1. The van der Waals surface area contributed by atoms with Crippen LogP contribution in [-0.2, 0) is 25.5 Å². The minimum atomic E-state index is -3.17. The summed E-state index contributed by atoms with van der Waals surface area (Å²) in [6.07, 6.45) is 2.84. The summed E-state index contributed by atoms with van der Waals surface area (Å²) >= 11 is 0. The third-order valence-electron chi connectivity index (χ3n) is 6.03. The number of aliphatic carboxylic acids is 1. The smallest absolute Gasteiger partial charge is 0.326 e. The molecule has 0 aromatic heterocycles. The molecule has 1 aromatic rings. The number of nitrogens with one attached hydrogen (secondary N) is 1.